The number of piperidine rings is 1. The number of ether oxygens (including phenoxy) is 1. The van der Waals surface area contributed by atoms with E-state index >= 15 is 0 Å². The van der Waals surface area contributed by atoms with Crippen LogP contribution in [0.5, 0.6) is 0 Å². The summed E-state index contributed by atoms with van der Waals surface area (Å²) in [7, 11) is 0. The molecular weight excluding hydrogens is 402 g/mol. The highest BCUT2D eigenvalue weighted by Gasteiger charge is 2.36. The fourth-order valence-corrected chi connectivity index (χ4v) is 3.57. The summed E-state index contributed by atoms with van der Waals surface area (Å²) in [5, 5.41) is 16.3. The molecule has 0 bridgehead atoms. The number of azide groups is 1. The van der Waals surface area contributed by atoms with Crippen LogP contribution in [0.2, 0.25) is 0 Å². The summed E-state index contributed by atoms with van der Waals surface area (Å²) < 4.78 is 34.7. The first kappa shape index (κ1) is 21.6. The minimum Gasteiger partial charge on any atom is -0.442 e. The second-order valence-electron chi connectivity index (χ2n) is 7.41. The number of aliphatic hydroxyl groups is 1. The second-order valence-corrected chi connectivity index (χ2v) is 7.41. The number of carbonyl (C=O) groups is 2. The molecule has 2 saturated heterocycles. The van der Waals surface area contributed by atoms with Crippen LogP contribution in [0, 0.1) is 11.6 Å². The lowest BCUT2D eigenvalue weighted by Gasteiger charge is -2.38. The maximum absolute atomic E-state index is 14.8. The smallest absolute Gasteiger partial charge is 0.414 e. The molecule has 2 heterocycles. The van der Waals surface area contributed by atoms with Crippen LogP contribution in [0.1, 0.15) is 19.8 Å². The minimum atomic E-state index is -1.20. The summed E-state index contributed by atoms with van der Waals surface area (Å²) in [6.07, 6.45) is -0.993. The molecule has 2 fully saturated rings. The van der Waals surface area contributed by atoms with Gasteiger partial charge in [0.2, 0.25) is 5.91 Å². The number of nitrogens with one attached hydrogen (secondary N) is 1. The maximum atomic E-state index is 14.8. The first-order chi connectivity index (χ1) is 14.2. The maximum Gasteiger partial charge on any atom is 0.414 e. The van der Waals surface area contributed by atoms with Gasteiger partial charge in [0.1, 0.15) is 11.8 Å². The van der Waals surface area contributed by atoms with Crippen molar-refractivity contribution >= 4 is 23.4 Å². The van der Waals surface area contributed by atoms with Crippen molar-refractivity contribution in [1.29, 1.82) is 0 Å². The molecule has 3 rings (SSSR count). The van der Waals surface area contributed by atoms with E-state index in [2.05, 4.69) is 15.3 Å². The van der Waals surface area contributed by atoms with E-state index in [1.807, 2.05) is 0 Å². The van der Waals surface area contributed by atoms with Crippen LogP contribution in [0.3, 0.4) is 0 Å². The van der Waals surface area contributed by atoms with Gasteiger partial charge in [0.15, 0.2) is 11.6 Å². The van der Waals surface area contributed by atoms with E-state index in [0.717, 1.165) is 17.0 Å². The number of cyclic esters (lactones) is 1. The van der Waals surface area contributed by atoms with Crippen LogP contribution in [-0.4, -0.2) is 61.5 Å². The summed E-state index contributed by atoms with van der Waals surface area (Å²) in [4.78, 5) is 28.3. The molecule has 0 aromatic heterocycles. The lowest BCUT2D eigenvalue weighted by molar-refractivity contribution is -0.119. The highest BCUT2D eigenvalue weighted by atomic mass is 19.1. The SMILES string of the molecule is CC(=O)NC[C@H]1CN(c2cc(F)c(N3CCC(O)(CN=[N+]=[N-])CC3)c(F)c2)C(=O)O1. The molecule has 0 radical (unpaired) electrons. The lowest BCUT2D eigenvalue weighted by Crippen LogP contribution is -2.46. The van der Waals surface area contributed by atoms with Gasteiger partial charge in [0.25, 0.3) is 0 Å². The van der Waals surface area contributed by atoms with Crippen LogP contribution < -0.4 is 15.1 Å². The average Bonchev–Trinajstić information content (AvgIpc) is 3.06. The van der Waals surface area contributed by atoms with Crippen molar-refractivity contribution in [2.75, 3.05) is 42.5 Å². The van der Waals surface area contributed by atoms with Gasteiger partial charge in [-0.05, 0) is 18.4 Å². The summed E-state index contributed by atoms with van der Waals surface area (Å²) in [5.41, 5.74) is 6.98. The largest absolute Gasteiger partial charge is 0.442 e. The Morgan fingerprint density at radius 2 is 2.03 bits per heavy atom. The van der Waals surface area contributed by atoms with Crippen LogP contribution in [0.4, 0.5) is 25.0 Å². The van der Waals surface area contributed by atoms with Gasteiger partial charge < -0.3 is 20.1 Å². The van der Waals surface area contributed by atoms with Crippen molar-refractivity contribution < 1.29 is 28.2 Å². The predicted molar refractivity (Wildman–Crippen MR) is 103 cm³/mol. The van der Waals surface area contributed by atoms with E-state index in [1.54, 1.807) is 0 Å². The normalized spacial score (nSPS) is 20.5. The molecule has 162 valence electrons. The zero-order valence-electron chi connectivity index (χ0n) is 16.3. The fraction of sp³-hybridized carbons (Fsp3) is 0.556. The van der Waals surface area contributed by atoms with Gasteiger partial charge in [0, 0.05) is 37.1 Å². The molecule has 10 nitrogen and oxygen atoms in total. The second kappa shape index (κ2) is 8.72. The number of rotatable bonds is 6. The van der Waals surface area contributed by atoms with E-state index in [4.69, 9.17) is 10.3 Å². The Labute approximate surface area is 171 Å². The van der Waals surface area contributed by atoms with Crippen LogP contribution in [-0.2, 0) is 9.53 Å². The molecule has 1 aromatic rings. The monoisotopic (exact) mass is 424 g/mol. The molecule has 0 spiro atoms. The molecule has 0 unspecified atom stereocenters. The standard InChI is InChI=1S/C18H22F2N6O4/c1-11(27)22-8-13-9-26(17(28)30-13)12-6-14(19)16(15(20)7-12)25-4-2-18(29,3-5-25)10-23-24-21/h6-7,13,29H,2-5,8-10H2,1H3,(H,22,27)/t13-/m0/s1. The first-order valence-electron chi connectivity index (χ1n) is 9.42. The Morgan fingerprint density at radius 3 is 2.60 bits per heavy atom. The number of hydrogen-bond acceptors (Lipinski definition) is 6. The number of carbonyl (C=O) groups excluding carboxylic acids is 2. The third-order valence-corrected chi connectivity index (χ3v) is 5.20. The Balaban J connectivity index is 1.71. The lowest BCUT2D eigenvalue weighted by atomic mass is 9.91. The van der Waals surface area contributed by atoms with Crippen LogP contribution >= 0.6 is 0 Å². The number of benzene rings is 1. The third kappa shape index (κ3) is 4.71. The zero-order valence-corrected chi connectivity index (χ0v) is 16.3. The molecule has 0 aliphatic carbocycles. The van der Waals surface area contributed by atoms with Gasteiger partial charge in [-0.25, -0.2) is 13.6 Å². The van der Waals surface area contributed by atoms with Crippen molar-refractivity contribution in [3.05, 3.63) is 34.2 Å². The van der Waals surface area contributed by atoms with Crippen molar-refractivity contribution in [2.24, 2.45) is 5.11 Å². The van der Waals surface area contributed by atoms with Crippen molar-refractivity contribution in [2.45, 2.75) is 31.5 Å². The molecule has 2 aliphatic rings. The minimum absolute atomic E-state index is 0.0148. The summed E-state index contributed by atoms with van der Waals surface area (Å²) in [6, 6.07) is 2.11. The molecule has 1 atom stereocenters. The number of anilines is 2. The number of nitrogens with zero attached hydrogens (tertiary/aromatic N) is 5. The van der Waals surface area contributed by atoms with Crippen LogP contribution in [0.25, 0.3) is 10.4 Å². The van der Waals surface area contributed by atoms with Crippen molar-refractivity contribution in [3.63, 3.8) is 0 Å². The number of amides is 2. The molecule has 2 N–H and O–H groups in total. The Bertz CT molecular complexity index is 860. The molecule has 2 aliphatic heterocycles. The Hall–Kier alpha value is -3.11. The number of halogens is 2. The summed E-state index contributed by atoms with van der Waals surface area (Å²) in [5.74, 6) is -1.97. The molecule has 1 aromatic carbocycles. The molecule has 2 amide bonds. The topological polar surface area (TPSA) is 131 Å². The predicted octanol–water partition coefficient (Wildman–Crippen LogP) is 2.07. The zero-order chi connectivity index (χ0) is 21.9. The Kier molecular flexibility index (Phi) is 6.28. The molecule has 0 saturated carbocycles. The van der Waals surface area contributed by atoms with E-state index in [1.165, 1.54) is 11.8 Å². The van der Waals surface area contributed by atoms with Gasteiger partial charge in [0.05, 0.1) is 30.9 Å². The van der Waals surface area contributed by atoms with Gasteiger partial charge in [-0.15, -0.1) is 0 Å². The molecule has 12 heteroatoms. The van der Waals surface area contributed by atoms with Crippen molar-refractivity contribution in [3.8, 4) is 0 Å². The van der Waals surface area contributed by atoms with Crippen LogP contribution in [0.15, 0.2) is 17.2 Å². The quantitative estimate of drug-likeness (QED) is 0.410. The van der Waals surface area contributed by atoms with E-state index in [0.29, 0.717) is 0 Å². The van der Waals surface area contributed by atoms with Gasteiger partial charge in [-0.1, -0.05) is 5.11 Å². The average molecular weight is 424 g/mol. The molecule has 30 heavy (non-hydrogen) atoms. The number of hydrogen-bond donors (Lipinski definition) is 2. The summed E-state index contributed by atoms with van der Waals surface area (Å²) >= 11 is 0. The van der Waals surface area contributed by atoms with Gasteiger partial charge in [-0.3, -0.25) is 9.69 Å². The third-order valence-electron chi connectivity index (χ3n) is 5.20. The highest BCUT2D eigenvalue weighted by Crippen LogP contribution is 2.34. The highest BCUT2D eigenvalue weighted by molar-refractivity contribution is 5.90. The molecular formula is C18H22F2N6O4. The van der Waals surface area contributed by atoms with E-state index < -0.39 is 29.4 Å². The van der Waals surface area contributed by atoms with E-state index in [-0.39, 0.29) is 62.8 Å². The Morgan fingerprint density at radius 1 is 1.40 bits per heavy atom. The fourth-order valence-electron chi connectivity index (χ4n) is 3.57. The van der Waals surface area contributed by atoms with E-state index in [9.17, 15) is 23.5 Å². The first-order valence-corrected chi connectivity index (χ1v) is 9.42. The van der Waals surface area contributed by atoms with Gasteiger partial charge >= 0.3 is 6.09 Å². The van der Waals surface area contributed by atoms with Crippen molar-refractivity contribution in [1.82, 2.24) is 5.32 Å². The summed E-state index contributed by atoms with van der Waals surface area (Å²) in [6.45, 7) is 1.74. The van der Waals surface area contributed by atoms with Gasteiger partial charge in [-0.2, -0.15) is 0 Å².